The molecule has 10 nitrogen and oxygen atoms in total. The summed E-state index contributed by atoms with van der Waals surface area (Å²) in [6, 6.07) is 8.70. The molecule has 1 aliphatic carbocycles. The molecule has 1 amide bonds. The van der Waals surface area contributed by atoms with Gasteiger partial charge in [-0.3, -0.25) is 9.36 Å². The normalized spacial score (nSPS) is 20.4. The molecule has 0 unspecified atom stereocenters. The van der Waals surface area contributed by atoms with Crippen molar-refractivity contribution in [1.82, 2.24) is 30.2 Å². The fraction of sp³-hybridized carbons (Fsp3) is 0.520. The van der Waals surface area contributed by atoms with E-state index < -0.39 is 6.43 Å². The van der Waals surface area contributed by atoms with Gasteiger partial charge >= 0.3 is 0 Å². The predicted octanol–water partition coefficient (Wildman–Crippen LogP) is 2.62. The zero-order valence-electron chi connectivity index (χ0n) is 20.7. The molecule has 3 aromatic rings. The number of nitrogens with zero attached hydrogens (tertiary/aromatic N) is 5. The largest absolute Gasteiger partial charge is 0.474 e. The third-order valence-corrected chi connectivity index (χ3v) is 6.65. The van der Waals surface area contributed by atoms with Gasteiger partial charge in [0.25, 0.3) is 6.43 Å². The molecule has 1 saturated carbocycles. The molecule has 3 heterocycles. The number of ether oxygens (including phenoxy) is 2. The van der Waals surface area contributed by atoms with Crippen molar-refractivity contribution in [3.8, 4) is 11.7 Å². The first-order valence-electron chi connectivity index (χ1n) is 12.6. The second-order valence-corrected chi connectivity index (χ2v) is 9.25. The molecule has 1 saturated heterocycles. The van der Waals surface area contributed by atoms with Crippen LogP contribution in [0.25, 0.3) is 16.9 Å². The first kappa shape index (κ1) is 25.3. The van der Waals surface area contributed by atoms with Crippen molar-refractivity contribution in [2.45, 2.75) is 44.3 Å². The Hall–Kier alpha value is -3.38. The van der Waals surface area contributed by atoms with E-state index in [0.717, 1.165) is 25.7 Å². The Morgan fingerprint density at radius 1 is 1.14 bits per heavy atom. The number of para-hydroxylation sites is 2. The summed E-state index contributed by atoms with van der Waals surface area (Å²) < 4.78 is 41.2. The van der Waals surface area contributed by atoms with Crippen molar-refractivity contribution >= 4 is 22.9 Å². The highest BCUT2D eigenvalue weighted by Gasteiger charge is 2.27. The monoisotopic (exact) mass is 515 g/mol. The average Bonchev–Trinajstić information content (AvgIpc) is 3.31. The van der Waals surface area contributed by atoms with E-state index in [1.807, 2.05) is 4.90 Å². The van der Waals surface area contributed by atoms with E-state index in [9.17, 15) is 13.6 Å². The molecule has 1 aromatic carbocycles. The van der Waals surface area contributed by atoms with Crippen molar-refractivity contribution < 1.29 is 23.0 Å². The van der Waals surface area contributed by atoms with Crippen LogP contribution >= 0.6 is 0 Å². The van der Waals surface area contributed by atoms with Gasteiger partial charge in [-0.15, -0.1) is 0 Å². The molecule has 2 aliphatic rings. The number of alkyl halides is 2. The van der Waals surface area contributed by atoms with Gasteiger partial charge < -0.3 is 25.0 Å². The van der Waals surface area contributed by atoms with Gasteiger partial charge in [0.1, 0.15) is 11.9 Å². The average molecular weight is 516 g/mol. The van der Waals surface area contributed by atoms with Crippen LogP contribution in [0.15, 0.2) is 30.3 Å². The molecule has 12 heteroatoms. The maximum absolute atomic E-state index is 14.0. The standard InChI is InChI=1S/C25H31F2N7O3/c1-28-15-21(35)29-16-6-8-17(9-7-16)37-22-14-20(31-25(32-22)33-10-12-36-13-11-33)34-19-5-3-2-4-18(19)30-24(34)23(26)27/h2-5,14,16-17,23,28H,6-13,15H2,1H3,(H,29,35). The van der Waals surface area contributed by atoms with Gasteiger partial charge in [0.05, 0.1) is 30.8 Å². The molecule has 2 N–H and O–H groups in total. The summed E-state index contributed by atoms with van der Waals surface area (Å²) in [5.41, 5.74) is 0.999. The van der Waals surface area contributed by atoms with E-state index in [-0.39, 0.29) is 36.2 Å². The van der Waals surface area contributed by atoms with E-state index in [4.69, 9.17) is 9.47 Å². The minimum absolute atomic E-state index is 0.0233. The molecule has 0 radical (unpaired) electrons. The highest BCUT2D eigenvalue weighted by atomic mass is 19.3. The second-order valence-electron chi connectivity index (χ2n) is 9.25. The molecule has 198 valence electrons. The number of halogens is 2. The number of hydrogen-bond acceptors (Lipinski definition) is 8. The van der Waals surface area contributed by atoms with Crippen LogP contribution in [0.5, 0.6) is 5.88 Å². The van der Waals surface area contributed by atoms with Gasteiger partial charge in [-0.2, -0.15) is 9.97 Å². The van der Waals surface area contributed by atoms with Crippen molar-refractivity contribution in [3.63, 3.8) is 0 Å². The van der Waals surface area contributed by atoms with E-state index in [2.05, 4.69) is 25.6 Å². The lowest BCUT2D eigenvalue weighted by molar-refractivity contribution is -0.121. The number of hydrogen-bond donors (Lipinski definition) is 2. The van der Waals surface area contributed by atoms with Gasteiger partial charge in [-0.1, -0.05) is 12.1 Å². The summed E-state index contributed by atoms with van der Waals surface area (Å²) in [5, 5.41) is 5.89. The number of morpholine rings is 1. The van der Waals surface area contributed by atoms with E-state index in [1.54, 1.807) is 37.4 Å². The molecular formula is C25H31F2N7O3. The minimum atomic E-state index is -2.79. The number of anilines is 1. The number of rotatable bonds is 8. The molecule has 2 aromatic heterocycles. The van der Waals surface area contributed by atoms with E-state index in [0.29, 0.717) is 49.2 Å². The Morgan fingerprint density at radius 2 is 1.89 bits per heavy atom. The van der Waals surface area contributed by atoms with Crippen LogP contribution in [0.2, 0.25) is 0 Å². The van der Waals surface area contributed by atoms with Crippen LogP contribution < -0.4 is 20.3 Å². The van der Waals surface area contributed by atoms with E-state index in [1.165, 1.54) is 4.57 Å². The third-order valence-electron chi connectivity index (χ3n) is 6.65. The number of likely N-dealkylation sites (N-methyl/N-ethyl adjacent to an activating group) is 1. The Morgan fingerprint density at radius 3 is 2.62 bits per heavy atom. The number of aromatic nitrogens is 4. The highest BCUT2D eigenvalue weighted by Crippen LogP contribution is 2.31. The lowest BCUT2D eigenvalue weighted by Crippen LogP contribution is -2.42. The molecule has 0 bridgehead atoms. The summed E-state index contributed by atoms with van der Waals surface area (Å²) >= 11 is 0. The SMILES string of the molecule is CNCC(=O)NC1CCC(Oc2cc(-n3c(C(F)F)nc4ccccc43)nc(N3CCOCC3)n2)CC1. The molecule has 1 aliphatic heterocycles. The lowest BCUT2D eigenvalue weighted by atomic mass is 9.93. The Labute approximate surface area is 213 Å². The molecular weight excluding hydrogens is 484 g/mol. The van der Waals surface area contributed by atoms with Crippen molar-refractivity contribution in [2.24, 2.45) is 0 Å². The Balaban J connectivity index is 1.43. The van der Waals surface area contributed by atoms with Crippen LogP contribution in [-0.2, 0) is 9.53 Å². The molecule has 5 rings (SSSR count). The fourth-order valence-electron chi connectivity index (χ4n) is 4.85. The summed E-state index contributed by atoms with van der Waals surface area (Å²) in [4.78, 5) is 27.3. The van der Waals surface area contributed by atoms with Crippen LogP contribution in [0.1, 0.15) is 37.9 Å². The summed E-state index contributed by atoms with van der Waals surface area (Å²) in [5.74, 6) is 0.610. The highest BCUT2D eigenvalue weighted by molar-refractivity contribution is 5.78. The Kier molecular flexibility index (Phi) is 7.75. The molecule has 37 heavy (non-hydrogen) atoms. The van der Waals surface area contributed by atoms with Crippen molar-refractivity contribution in [1.29, 1.82) is 0 Å². The lowest BCUT2D eigenvalue weighted by Gasteiger charge is -2.30. The summed E-state index contributed by atoms with van der Waals surface area (Å²) in [6.07, 6.45) is 0.172. The summed E-state index contributed by atoms with van der Waals surface area (Å²) in [7, 11) is 1.74. The fourth-order valence-corrected chi connectivity index (χ4v) is 4.85. The third kappa shape index (κ3) is 5.80. The topological polar surface area (TPSA) is 106 Å². The van der Waals surface area contributed by atoms with Crippen LogP contribution in [0.4, 0.5) is 14.7 Å². The first-order chi connectivity index (χ1) is 18.0. The Bertz CT molecular complexity index is 1220. The predicted molar refractivity (Wildman–Crippen MR) is 133 cm³/mol. The second kappa shape index (κ2) is 11.3. The van der Waals surface area contributed by atoms with E-state index >= 15 is 0 Å². The van der Waals surface area contributed by atoms with Crippen LogP contribution in [0, 0.1) is 0 Å². The molecule has 2 fully saturated rings. The zero-order valence-corrected chi connectivity index (χ0v) is 20.7. The minimum Gasteiger partial charge on any atom is -0.474 e. The van der Waals surface area contributed by atoms with Gasteiger partial charge in [0.2, 0.25) is 17.7 Å². The number of benzene rings is 1. The van der Waals surface area contributed by atoms with Crippen molar-refractivity contribution in [2.75, 3.05) is 44.8 Å². The maximum atomic E-state index is 14.0. The number of carbonyl (C=O) groups excluding carboxylic acids is 1. The molecule has 0 spiro atoms. The van der Waals surface area contributed by atoms with Gasteiger partial charge in [-0.25, -0.2) is 13.8 Å². The smallest absolute Gasteiger partial charge is 0.296 e. The number of imidazole rings is 1. The quantitative estimate of drug-likeness (QED) is 0.472. The van der Waals surface area contributed by atoms with Gasteiger partial charge in [0, 0.05) is 25.2 Å². The zero-order chi connectivity index (χ0) is 25.8. The number of nitrogens with one attached hydrogen (secondary N) is 2. The van der Waals surface area contributed by atoms with Crippen LogP contribution in [0.3, 0.4) is 0 Å². The van der Waals surface area contributed by atoms with Crippen molar-refractivity contribution in [3.05, 3.63) is 36.2 Å². The number of carbonyl (C=O) groups is 1. The van der Waals surface area contributed by atoms with Gasteiger partial charge in [0.15, 0.2) is 5.82 Å². The number of fused-ring (bicyclic) bond motifs is 1. The molecule has 0 atom stereocenters. The van der Waals surface area contributed by atoms with Crippen LogP contribution in [-0.4, -0.2) is 77.5 Å². The first-order valence-corrected chi connectivity index (χ1v) is 12.6. The number of amides is 1. The van der Waals surface area contributed by atoms with Gasteiger partial charge in [-0.05, 0) is 44.9 Å². The summed E-state index contributed by atoms with van der Waals surface area (Å²) in [6.45, 7) is 2.53. The maximum Gasteiger partial charge on any atom is 0.296 e.